The van der Waals surface area contributed by atoms with Crippen LogP contribution >= 0.6 is 0 Å². The number of hydrogen-bond acceptors (Lipinski definition) is 2. The standard InChI is InChI=1S/C14H22N2O2/c1-2-12-14(18)15-8-9-16(12)13(17)10-11-6-4-3-5-7-11/h6,12H,2-5,7-10H2,1H3,(H,15,18). The number of carbonyl (C=O) groups excluding carboxylic acids is 2. The van der Waals surface area contributed by atoms with Gasteiger partial charge in [-0.05, 0) is 32.1 Å². The zero-order valence-electron chi connectivity index (χ0n) is 11.1. The average molecular weight is 250 g/mol. The summed E-state index contributed by atoms with van der Waals surface area (Å²) in [7, 11) is 0. The summed E-state index contributed by atoms with van der Waals surface area (Å²) >= 11 is 0. The summed E-state index contributed by atoms with van der Waals surface area (Å²) < 4.78 is 0. The van der Waals surface area contributed by atoms with Gasteiger partial charge in [-0.3, -0.25) is 9.59 Å². The molecule has 1 saturated heterocycles. The van der Waals surface area contributed by atoms with Gasteiger partial charge in [-0.25, -0.2) is 0 Å². The van der Waals surface area contributed by atoms with Crippen molar-refractivity contribution in [2.75, 3.05) is 13.1 Å². The zero-order chi connectivity index (χ0) is 13.0. The number of carbonyl (C=O) groups is 2. The molecule has 0 saturated carbocycles. The van der Waals surface area contributed by atoms with Gasteiger partial charge in [-0.15, -0.1) is 0 Å². The first kappa shape index (κ1) is 13.1. The van der Waals surface area contributed by atoms with Gasteiger partial charge in [0.1, 0.15) is 6.04 Å². The number of allylic oxidation sites excluding steroid dienone is 1. The molecule has 0 radical (unpaired) electrons. The van der Waals surface area contributed by atoms with E-state index in [1.54, 1.807) is 4.90 Å². The van der Waals surface area contributed by atoms with Gasteiger partial charge < -0.3 is 10.2 Å². The summed E-state index contributed by atoms with van der Waals surface area (Å²) in [5.41, 5.74) is 1.26. The first-order valence-electron chi connectivity index (χ1n) is 6.97. The third-order valence-electron chi connectivity index (χ3n) is 3.80. The Morgan fingerprint density at radius 3 is 3.00 bits per heavy atom. The maximum absolute atomic E-state index is 12.3. The van der Waals surface area contributed by atoms with E-state index in [1.807, 2.05) is 6.92 Å². The maximum Gasteiger partial charge on any atom is 0.242 e. The van der Waals surface area contributed by atoms with Crippen LogP contribution in [0, 0.1) is 0 Å². The van der Waals surface area contributed by atoms with Crippen LogP contribution in [0.3, 0.4) is 0 Å². The number of piperazine rings is 1. The third kappa shape index (κ3) is 2.92. The van der Waals surface area contributed by atoms with Crippen LogP contribution in [0.1, 0.15) is 45.4 Å². The van der Waals surface area contributed by atoms with Crippen LogP contribution < -0.4 is 5.32 Å². The second-order valence-electron chi connectivity index (χ2n) is 5.09. The molecule has 2 amide bonds. The largest absolute Gasteiger partial charge is 0.353 e. The minimum absolute atomic E-state index is 0.00489. The van der Waals surface area contributed by atoms with E-state index in [0.29, 0.717) is 25.9 Å². The fraction of sp³-hybridized carbons (Fsp3) is 0.714. The lowest BCUT2D eigenvalue weighted by Crippen LogP contribution is -2.56. The van der Waals surface area contributed by atoms with Gasteiger partial charge in [-0.1, -0.05) is 18.6 Å². The molecule has 4 nitrogen and oxygen atoms in total. The molecule has 0 aromatic carbocycles. The van der Waals surface area contributed by atoms with Crippen molar-refractivity contribution in [3.8, 4) is 0 Å². The summed E-state index contributed by atoms with van der Waals surface area (Å²) in [6.45, 7) is 3.19. The first-order chi connectivity index (χ1) is 8.72. The average Bonchev–Trinajstić information content (AvgIpc) is 2.39. The van der Waals surface area contributed by atoms with Crippen molar-refractivity contribution < 1.29 is 9.59 Å². The molecule has 2 aliphatic rings. The van der Waals surface area contributed by atoms with Crippen LogP contribution in [0.4, 0.5) is 0 Å². The Morgan fingerprint density at radius 2 is 2.33 bits per heavy atom. The smallest absolute Gasteiger partial charge is 0.242 e. The number of nitrogens with one attached hydrogen (secondary N) is 1. The van der Waals surface area contributed by atoms with Gasteiger partial charge in [0.25, 0.3) is 0 Å². The molecule has 0 aromatic heterocycles. The van der Waals surface area contributed by atoms with Crippen LogP contribution in [0.5, 0.6) is 0 Å². The normalized spacial score (nSPS) is 24.5. The van der Waals surface area contributed by atoms with E-state index in [-0.39, 0.29) is 17.9 Å². The summed E-state index contributed by atoms with van der Waals surface area (Å²) in [5, 5.41) is 2.82. The number of nitrogens with zero attached hydrogens (tertiary/aromatic N) is 1. The Hall–Kier alpha value is -1.32. The molecule has 1 fully saturated rings. The van der Waals surface area contributed by atoms with E-state index in [9.17, 15) is 9.59 Å². The van der Waals surface area contributed by atoms with Crippen molar-refractivity contribution >= 4 is 11.8 Å². The molecular formula is C14H22N2O2. The topological polar surface area (TPSA) is 49.4 Å². The Labute approximate surface area is 108 Å². The van der Waals surface area contributed by atoms with Crippen molar-refractivity contribution in [2.24, 2.45) is 0 Å². The van der Waals surface area contributed by atoms with Crippen molar-refractivity contribution in [2.45, 2.75) is 51.5 Å². The molecule has 1 unspecified atom stereocenters. The third-order valence-corrected chi connectivity index (χ3v) is 3.80. The fourth-order valence-electron chi connectivity index (χ4n) is 2.78. The fourth-order valence-corrected chi connectivity index (χ4v) is 2.78. The molecule has 100 valence electrons. The number of rotatable bonds is 3. The van der Waals surface area contributed by atoms with Crippen molar-refractivity contribution in [1.82, 2.24) is 10.2 Å². The molecule has 2 rings (SSSR count). The van der Waals surface area contributed by atoms with Crippen LogP contribution in [0.2, 0.25) is 0 Å². The summed E-state index contributed by atoms with van der Waals surface area (Å²) in [5.74, 6) is 0.111. The van der Waals surface area contributed by atoms with E-state index in [2.05, 4.69) is 11.4 Å². The molecule has 1 heterocycles. The second-order valence-corrected chi connectivity index (χ2v) is 5.09. The van der Waals surface area contributed by atoms with Gasteiger partial charge >= 0.3 is 0 Å². The van der Waals surface area contributed by atoms with Crippen molar-refractivity contribution in [1.29, 1.82) is 0 Å². The van der Waals surface area contributed by atoms with Gasteiger partial charge in [-0.2, -0.15) is 0 Å². The summed E-state index contributed by atoms with van der Waals surface area (Å²) in [6.07, 6.45) is 7.97. The molecule has 0 aromatic rings. The predicted octanol–water partition coefficient (Wildman–Crippen LogP) is 1.61. The molecule has 18 heavy (non-hydrogen) atoms. The highest BCUT2D eigenvalue weighted by atomic mass is 16.2. The van der Waals surface area contributed by atoms with E-state index >= 15 is 0 Å². The minimum Gasteiger partial charge on any atom is -0.353 e. The minimum atomic E-state index is -0.268. The monoisotopic (exact) mass is 250 g/mol. The van der Waals surface area contributed by atoms with Gasteiger partial charge in [0.05, 0.1) is 0 Å². The molecule has 1 aliphatic carbocycles. The molecule has 1 N–H and O–H groups in total. The highest BCUT2D eigenvalue weighted by Crippen LogP contribution is 2.22. The van der Waals surface area contributed by atoms with E-state index in [1.165, 1.54) is 18.4 Å². The number of amides is 2. The molecule has 0 spiro atoms. The van der Waals surface area contributed by atoms with Gasteiger partial charge in [0.2, 0.25) is 11.8 Å². The Morgan fingerprint density at radius 1 is 1.50 bits per heavy atom. The molecular weight excluding hydrogens is 228 g/mol. The molecule has 1 aliphatic heterocycles. The Kier molecular flexibility index (Phi) is 4.39. The SMILES string of the molecule is CCC1C(=O)NCCN1C(=O)CC1=CCCCC1. The van der Waals surface area contributed by atoms with Gasteiger partial charge in [0, 0.05) is 19.5 Å². The lowest BCUT2D eigenvalue weighted by atomic mass is 9.96. The molecule has 0 bridgehead atoms. The highest BCUT2D eigenvalue weighted by molar-refractivity contribution is 5.89. The molecule has 1 atom stereocenters. The van der Waals surface area contributed by atoms with Crippen LogP contribution in [0.15, 0.2) is 11.6 Å². The van der Waals surface area contributed by atoms with Crippen molar-refractivity contribution in [3.63, 3.8) is 0 Å². The Bertz CT molecular complexity index is 363. The highest BCUT2D eigenvalue weighted by Gasteiger charge is 2.31. The lowest BCUT2D eigenvalue weighted by Gasteiger charge is -2.35. The van der Waals surface area contributed by atoms with E-state index < -0.39 is 0 Å². The molecule has 4 heteroatoms. The van der Waals surface area contributed by atoms with Crippen LogP contribution in [0.25, 0.3) is 0 Å². The zero-order valence-corrected chi connectivity index (χ0v) is 11.1. The van der Waals surface area contributed by atoms with Gasteiger partial charge in [0.15, 0.2) is 0 Å². The second kappa shape index (κ2) is 6.03. The van der Waals surface area contributed by atoms with Crippen LogP contribution in [-0.4, -0.2) is 35.8 Å². The number of hydrogen-bond donors (Lipinski definition) is 1. The van der Waals surface area contributed by atoms with Crippen LogP contribution in [-0.2, 0) is 9.59 Å². The van der Waals surface area contributed by atoms with E-state index in [4.69, 9.17) is 0 Å². The predicted molar refractivity (Wildman–Crippen MR) is 70.0 cm³/mol. The quantitative estimate of drug-likeness (QED) is 0.774. The summed E-state index contributed by atoms with van der Waals surface area (Å²) in [6, 6.07) is -0.268. The summed E-state index contributed by atoms with van der Waals surface area (Å²) in [4.78, 5) is 25.8. The lowest BCUT2D eigenvalue weighted by molar-refractivity contribution is -0.142. The Balaban J connectivity index is 1.98. The maximum atomic E-state index is 12.3. The first-order valence-corrected chi connectivity index (χ1v) is 6.97. The van der Waals surface area contributed by atoms with Crippen molar-refractivity contribution in [3.05, 3.63) is 11.6 Å². The van der Waals surface area contributed by atoms with E-state index in [0.717, 1.165) is 12.8 Å².